The number of methoxy groups -OCH3 is 1. The maximum absolute atomic E-state index is 14.0. The van der Waals surface area contributed by atoms with E-state index in [1.807, 2.05) is 39.0 Å². The third-order valence-electron chi connectivity index (χ3n) is 9.13. The summed E-state index contributed by atoms with van der Waals surface area (Å²) in [5, 5.41) is 6.70. The minimum Gasteiger partial charge on any atom is -0.496 e. The van der Waals surface area contributed by atoms with Crippen LogP contribution in [0.5, 0.6) is 5.75 Å². The molecule has 3 amide bonds. The smallest absolute Gasteiger partial charge is 0.268 e. The highest BCUT2D eigenvalue weighted by atomic mass is 16.5. The van der Waals surface area contributed by atoms with E-state index < -0.39 is 23.5 Å². The van der Waals surface area contributed by atoms with Gasteiger partial charge in [0.05, 0.1) is 13.2 Å². The Labute approximate surface area is 235 Å². The Morgan fingerprint density at radius 3 is 2.48 bits per heavy atom. The summed E-state index contributed by atoms with van der Waals surface area (Å²) in [6, 6.07) is 5.07. The maximum atomic E-state index is 14.0. The molecule has 9 heteroatoms. The summed E-state index contributed by atoms with van der Waals surface area (Å²) in [5.41, 5.74) is 0.494. The molecule has 3 N–H and O–H groups in total. The highest BCUT2D eigenvalue weighted by Crippen LogP contribution is 2.65. The molecule has 1 aromatic heterocycles. The van der Waals surface area contributed by atoms with Crippen molar-refractivity contribution in [3.05, 3.63) is 42.6 Å². The van der Waals surface area contributed by atoms with Gasteiger partial charge in [-0.3, -0.25) is 19.2 Å². The van der Waals surface area contributed by atoms with Gasteiger partial charge in [0.15, 0.2) is 5.78 Å². The van der Waals surface area contributed by atoms with Gasteiger partial charge >= 0.3 is 0 Å². The fourth-order valence-corrected chi connectivity index (χ4v) is 6.51. The largest absolute Gasteiger partial charge is 0.496 e. The second-order valence-electron chi connectivity index (χ2n) is 13.2. The molecule has 5 atom stereocenters. The second-order valence-corrected chi connectivity index (χ2v) is 13.2. The van der Waals surface area contributed by atoms with E-state index in [9.17, 15) is 19.2 Å². The molecule has 2 heterocycles. The fraction of sp³-hybridized carbons (Fsp3) is 0.548. The van der Waals surface area contributed by atoms with Crippen LogP contribution < -0.4 is 15.4 Å². The molecule has 5 rings (SSSR count). The number of nitrogens with zero attached hydrogens (tertiary/aromatic N) is 1. The Balaban J connectivity index is 1.38. The predicted octanol–water partition coefficient (Wildman–Crippen LogP) is 3.45. The first kappa shape index (κ1) is 27.9. The Morgan fingerprint density at radius 1 is 1.18 bits per heavy atom. The molecular weight excluding hydrogens is 508 g/mol. The number of piperidine rings is 1. The molecule has 1 aliphatic heterocycles. The van der Waals surface area contributed by atoms with Crippen LogP contribution in [-0.2, 0) is 14.4 Å². The van der Waals surface area contributed by atoms with E-state index in [0.29, 0.717) is 18.0 Å². The van der Waals surface area contributed by atoms with Crippen molar-refractivity contribution in [2.75, 3.05) is 13.7 Å². The van der Waals surface area contributed by atoms with Crippen LogP contribution in [0.25, 0.3) is 10.9 Å². The zero-order valence-electron chi connectivity index (χ0n) is 24.2. The van der Waals surface area contributed by atoms with Crippen LogP contribution in [0.1, 0.15) is 57.9 Å². The third-order valence-corrected chi connectivity index (χ3v) is 9.13. The molecular formula is C31H40N4O5. The number of H-pyrrole nitrogens is 1. The molecule has 2 aliphatic carbocycles. The number of carbonyl (C=O) groups excluding carboxylic acids is 4. The van der Waals surface area contributed by atoms with Crippen molar-refractivity contribution >= 4 is 34.4 Å². The van der Waals surface area contributed by atoms with E-state index in [1.54, 1.807) is 18.1 Å². The van der Waals surface area contributed by atoms with Gasteiger partial charge in [0.1, 0.15) is 23.5 Å². The summed E-state index contributed by atoms with van der Waals surface area (Å²) in [5.74, 6) is -0.354. The minimum absolute atomic E-state index is 0.00683. The third kappa shape index (κ3) is 4.80. The Morgan fingerprint density at radius 2 is 1.88 bits per heavy atom. The summed E-state index contributed by atoms with van der Waals surface area (Å²) < 4.78 is 5.41. The van der Waals surface area contributed by atoms with Crippen LogP contribution in [-0.4, -0.2) is 65.2 Å². The maximum Gasteiger partial charge on any atom is 0.268 e. The van der Waals surface area contributed by atoms with Crippen LogP contribution in [0.2, 0.25) is 0 Å². The highest BCUT2D eigenvalue weighted by Gasteiger charge is 2.70. The number of carbonyl (C=O) groups is 4. The number of aromatic nitrogens is 1. The topological polar surface area (TPSA) is 121 Å². The quantitative estimate of drug-likeness (QED) is 0.415. The van der Waals surface area contributed by atoms with Crippen molar-refractivity contribution < 1.29 is 23.9 Å². The van der Waals surface area contributed by atoms with Crippen LogP contribution >= 0.6 is 0 Å². The molecule has 9 nitrogen and oxygen atoms in total. The molecule has 2 aromatic rings. The van der Waals surface area contributed by atoms with Gasteiger partial charge in [-0.15, -0.1) is 0 Å². The lowest BCUT2D eigenvalue weighted by molar-refractivity contribution is -0.143. The van der Waals surface area contributed by atoms with Crippen molar-refractivity contribution in [3.63, 3.8) is 0 Å². The molecule has 0 bridgehead atoms. The molecule has 0 spiro atoms. The molecule has 3 aliphatic rings. The first-order chi connectivity index (χ1) is 18.8. The number of ketones is 1. The number of aromatic amines is 1. The van der Waals surface area contributed by atoms with Crippen molar-refractivity contribution in [2.45, 2.75) is 65.6 Å². The molecule has 2 unspecified atom stereocenters. The lowest BCUT2D eigenvalue weighted by atomic mass is 9.83. The highest BCUT2D eigenvalue weighted by molar-refractivity contribution is 6.03. The summed E-state index contributed by atoms with van der Waals surface area (Å²) >= 11 is 0. The molecule has 1 saturated heterocycles. The van der Waals surface area contributed by atoms with Crippen LogP contribution in [0.15, 0.2) is 36.9 Å². The number of ether oxygens (including phenoxy) is 1. The van der Waals surface area contributed by atoms with Crippen molar-refractivity contribution in [3.8, 4) is 5.75 Å². The van der Waals surface area contributed by atoms with Crippen molar-refractivity contribution in [1.82, 2.24) is 20.5 Å². The van der Waals surface area contributed by atoms with Gasteiger partial charge in [0.25, 0.3) is 5.91 Å². The number of hydrogen-bond donors (Lipinski definition) is 3. The second kappa shape index (κ2) is 9.78. The number of benzene rings is 1. The van der Waals surface area contributed by atoms with E-state index >= 15 is 0 Å². The van der Waals surface area contributed by atoms with E-state index in [4.69, 9.17) is 4.74 Å². The first-order valence-electron chi connectivity index (χ1n) is 14.0. The van der Waals surface area contributed by atoms with Gasteiger partial charge in [-0.25, -0.2) is 0 Å². The SMILES string of the molecule is C=CC(=O)C(NC(=O)[C@@H]1[C@@H]2[C@H](CN1C(=O)C(NC(=O)c1cc3c(OC)cccc3[nH]1)C1CC1)C2(C)C)C(C)(C)C. The van der Waals surface area contributed by atoms with Gasteiger partial charge in [0, 0.05) is 17.4 Å². The fourth-order valence-electron chi connectivity index (χ4n) is 6.51. The zero-order chi connectivity index (χ0) is 29.1. The molecule has 1 aromatic carbocycles. The van der Waals surface area contributed by atoms with Crippen LogP contribution in [0.3, 0.4) is 0 Å². The van der Waals surface area contributed by atoms with Crippen LogP contribution in [0, 0.1) is 28.6 Å². The Hall–Kier alpha value is -3.62. The molecule has 40 heavy (non-hydrogen) atoms. The van der Waals surface area contributed by atoms with Gasteiger partial charge < -0.3 is 25.3 Å². The molecule has 0 radical (unpaired) electrons. The normalized spacial score (nSPS) is 24.6. The zero-order valence-corrected chi connectivity index (χ0v) is 24.2. The standard InChI is InChI=1S/C31H40N4O5/c1-8-21(36)26(30(2,3)4)34-28(38)25-23-18(31(23,5)6)15-35(25)29(39)24(16-12-13-16)33-27(37)20-14-17-19(32-20)10-9-11-22(17)40-7/h8-11,14,16,18,23-26,32H,1,12-13,15H2,2-7H3,(H,33,37)(H,34,38)/t18-,23-,24?,25-,26?/m0/s1. The number of nitrogens with one attached hydrogen (secondary N) is 3. The summed E-state index contributed by atoms with van der Waals surface area (Å²) in [7, 11) is 1.58. The number of fused-ring (bicyclic) bond motifs is 2. The van der Waals surface area contributed by atoms with Crippen LogP contribution in [0.4, 0.5) is 0 Å². The summed E-state index contributed by atoms with van der Waals surface area (Å²) in [6.07, 6.45) is 2.90. The average molecular weight is 549 g/mol. The number of amides is 3. The number of rotatable bonds is 9. The lowest BCUT2D eigenvalue weighted by Gasteiger charge is -2.35. The Bertz CT molecular complexity index is 1380. The van der Waals surface area contributed by atoms with Crippen molar-refractivity contribution in [1.29, 1.82) is 0 Å². The Kier molecular flexibility index (Phi) is 6.83. The van der Waals surface area contributed by atoms with Gasteiger partial charge in [-0.05, 0) is 65.7 Å². The van der Waals surface area contributed by atoms with Gasteiger partial charge in [0.2, 0.25) is 11.8 Å². The number of likely N-dealkylation sites (tertiary alicyclic amines) is 1. The van der Waals surface area contributed by atoms with E-state index in [0.717, 1.165) is 23.7 Å². The molecule has 2 saturated carbocycles. The van der Waals surface area contributed by atoms with Gasteiger partial charge in [-0.1, -0.05) is 47.3 Å². The lowest BCUT2D eigenvalue weighted by Crippen LogP contribution is -2.59. The van der Waals surface area contributed by atoms with Crippen molar-refractivity contribution in [2.24, 2.45) is 28.6 Å². The molecule has 214 valence electrons. The van der Waals surface area contributed by atoms with E-state index in [1.165, 1.54) is 6.08 Å². The minimum atomic E-state index is -0.756. The van der Waals surface area contributed by atoms with Gasteiger partial charge in [-0.2, -0.15) is 0 Å². The first-order valence-corrected chi connectivity index (χ1v) is 14.0. The number of hydrogen-bond acceptors (Lipinski definition) is 5. The average Bonchev–Trinajstić information content (AvgIpc) is 3.68. The summed E-state index contributed by atoms with van der Waals surface area (Å²) in [6.45, 7) is 13.9. The van der Waals surface area contributed by atoms with E-state index in [2.05, 4.69) is 36.0 Å². The molecule has 3 fully saturated rings. The predicted molar refractivity (Wildman–Crippen MR) is 152 cm³/mol. The monoisotopic (exact) mass is 548 g/mol. The van der Waals surface area contributed by atoms with E-state index in [-0.39, 0.29) is 46.7 Å². The summed E-state index contributed by atoms with van der Waals surface area (Å²) in [4.78, 5) is 58.6.